The van der Waals surface area contributed by atoms with Crippen LogP contribution in [0, 0.1) is 0 Å². The Morgan fingerprint density at radius 1 is 0.547 bits per heavy atom. The minimum absolute atomic E-state index is 0.0534. The van der Waals surface area contributed by atoms with Crippen molar-refractivity contribution in [1.29, 1.82) is 0 Å². The van der Waals surface area contributed by atoms with Gasteiger partial charge in [-0.15, -0.1) is 0 Å². The molecule has 0 saturated heterocycles. The van der Waals surface area contributed by atoms with Gasteiger partial charge in [0.2, 0.25) is 17.7 Å². The molecule has 0 radical (unpaired) electrons. The van der Waals surface area contributed by atoms with Crippen molar-refractivity contribution in [2.75, 3.05) is 49.8 Å². The predicted molar refractivity (Wildman–Crippen MR) is 239 cm³/mol. The maximum atomic E-state index is 12.2. The zero-order valence-electron chi connectivity index (χ0n) is 36.0. The fraction of sp³-hybridized carbons (Fsp3) is 0.250. The highest BCUT2D eigenvalue weighted by atomic mass is 16.5. The van der Waals surface area contributed by atoms with Crippen molar-refractivity contribution in [2.24, 2.45) is 0 Å². The first kappa shape index (κ1) is 46.3. The van der Waals surface area contributed by atoms with Crippen LogP contribution in [0.25, 0.3) is 0 Å². The van der Waals surface area contributed by atoms with E-state index in [1.54, 1.807) is 60.1 Å². The Balaban J connectivity index is 0.000000163. The van der Waals surface area contributed by atoms with Crippen LogP contribution in [0.1, 0.15) is 84.8 Å². The summed E-state index contributed by atoms with van der Waals surface area (Å²) in [6.07, 6.45) is 0. The quantitative estimate of drug-likeness (QED) is 0.0650. The number of methoxy groups -OCH3 is 2. The van der Waals surface area contributed by atoms with Gasteiger partial charge in [0.1, 0.15) is 0 Å². The lowest BCUT2D eigenvalue weighted by Gasteiger charge is -2.27. The minimum Gasteiger partial charge on any atom is -0.465 e. The Kier molecular flexibility index (Phi) is 15.7. The van der Waals surface area contributed by atoms with Crippen molar-refractivity contribution in [3.05, 3.63) is 160 Å². The molecule has 0 aromatic heterocycles. The smallest absolute Gasteiger partial charge is 0.337 e. The van der Waals surface area contributed by atoms with Crippen molar-refractivity contribution >= 4 is 52.6 Å². The Hall–Kier alpha value is -7.24. The molecule has 2 atom stereocenters. The Bertz CT molecular complexity index is 2370. The summed E-state index contributed by atoms with van der Waals surface area (Å²) >= 11 is 0. The molecule has 332 valence electrons. The Morgan fingerprint density at radius 2 is 0.953 bits per heavy atom. The van der Waals surface area contributed by atoms with Gasteiger partial charge in [0.05, 0.1) is 45.0 Å². The number of carbonyl (C=O) groups is 6. The molecular formula is C48H51N7O9. The fourth-order valence-electron chi connectivity index (χ4n) is 7.49. The van der Waals surface area contributed by atoms with Crippen molar-refractivity contribution in [3.8, 4) is 0 Å². The van der Waals surface area contributed by atoms with E-state index in [0.717, 1.165) is 39.2 Å². The molecule has 0 fully saturated rings. The molecule has 0 aliphatic carbocycles. The van der Waals surface area contributed by atoms with Crippen LogP contribution < -0.4 is 26.7 Å². The number of nitrogens with one attached hydrogen (secondary N) is 5. The van der Waals surface area contributed by atoms with E-state index in [-0.39, 0.29) is 54.8 Å². The molecule has 5 aromatic rings. The number of rotatable bonds is 7. The number of hydroxylamine groups is 1. The first-order valence-electron chi connectivity index (χ1n) is 20.6. The van der Waals surface area contributed by atoms with Crippen molar-refractivity contribution in [1.82, 2.24) is 20.6 Å². The van der Waals surface area contributed by atoms with Gasteiger partial charge in [0.15, 0.2) is 0 Å². The van der Waals surface area contributed by atoms with Crippen molar-refractivity contribution in [3.63, 3.8) is 0 Å². The van der Waals surface area contributed by atoms with Gasteiger partial charge >= 0.3 is 11.9 Å². The standard InChI is InChI=1S/C19H20N2O3.C18H19N3O3.C11H12N2O3/c1-13(14-6-4-3-5-7-14)21-11-16-10-15(19(23)24-2)8-9-17(16)20-18(22)12-21;1-12(13-5-3-2-4-6-13)21-10-15-9-14(18(23)20-24)7-8-16(15)19-17(22)11-21;1-16-11(15)7-2-3-9-8(4-7)5-12-6-10(14)13-9/h3-10,13H,11-12H2,1-2H3,(H,20,22);2-9,12,24H,10-11H2,1H3,(H,19,22)(H,20,23);2-4,12H,5-6H2,1H3,(H,13,14). The highest BCUT2D eigenvalue weighted by molar-refractivity contribution is 5.98. The summed E-state index contributed by atoms with van der Waals surface area (Å²) in [5.74, 6) is -1.55. The normalized spacial score (nSPS) is 15.5. The number of nitrogens with zero attached hydrogens (tertiary/aromatic N) is 2. The van der Waals surface area contributed by atoms with Crippen LogP contribution in [-0.2, 0) is 43.5 Å². The number of hydrogen-bond donors (Lipinski definition) is 6. The summed E-state index contributed by atoms with van der Waals surface area (Å²) < 4.78 is 9.42. The van der Waals surface area contributed by atoms with Crippen LogP contribution >= 0.6 is 0 Å². The maximum Gasteiger partial charge on any atom is 0.337 e. The predicted octanol–water partition coefficient (Wildman–Crippen LogP) is 5.82. The molecule has 3 aliphatic rings. The van der Waals surface area contributed by atoms with Crippen molar-refractivity contribution < 1.29 is 43.4 Å². The topological polar surface area (TPSA) is 208 Å². The molecule has 3 heterocycles. The van der Waals surface area contributed by atoms with Gasteiger partial charge in [-0.3, -0.25) is 34.2 Å². The first-order valence-corrected chi connectivity index (χ1v) is 20.6. The summed E-state index contributed by atoms with van der Waals surface area (Å²) in [6, 6.07) is 35.4. The molecule has 0 saturated carbocycles. The lowest BCUT2D eigenvalue weighted by molar-refractivity contribution is -0.118. The molecular weight excluding hydrogens is 819 g/mol. The SMILES string of the molecule is CC(c1ccccc1)N1CC(=O)Nc2ccc(C(=O)NO)cc2C1.COC(=O)c1ccc2c(c1)CN(C(C)c1ccccc1)CC(=O)N2.COC(=O)c1ccc2c(c1)CNCC(=O)N2. The van der Waals surface area contributed by atoms with Gasteiger partial charge in [0, 0.05) is 54.3 Å². The molecule has 4 amide bonds. The van der Waals surface area contributed by atoms with Crippen molar-refractivity contribution in [2.45, 2.75) is 45.6 Å². The zero-order valence-corrected chi connectivity index (χ0v) is 36.0. The third kappa shape index (κ3) is 11.8. The number of anilines is 3. The Labute approximate surface area is 370 Å². The van der Waals surface area contributed by atoms with Crippen LogP contribution in [0.3, 0.4) is 0 Å². The van der Waals surface area contributed by atoms with Gasteiger partial charge in [0.25, 0.3) is 5.91 Å². The monoisotopic (exact) mass is 869 g/mol. The van der Waals surface area contributed by atoms with Crippen LogP contribution in [0.4, 0.5) is 17.1 Å². The molecule has 6 N–H and O–H groups in total. The van der Waals surface area contributed by atoms with E-state index < -0.39 is 5.91 Å². The number of ether oxygens (including phenoxy) is 2. The second-order valence-electron chi connectivity index (χ2n) is 15.3. The Morgan fingerprint density at radius 3 is 1.41 bits per heavy atom. The van der Waals surface area contributed by atoms with E-state index in [1.165, 1.54) is 14.2 Å². The number of fused-ring (bicyclic) bond motifs is 3. The van der Waals surface area contributed by atoms with E-state index >= 15 is 0 Å². The van der Waals surface area contributed by atoms with Crippen LogP contribution in [0.2, 0.25) is 0 Å². The van der Waals surface area contributed by atoms with E-state index in [1.807, 2.05) is 48.5 Å². The molecule has 16 nitrogen and oxygen atoms in total. The van der Waals surface area contributed by atoms with E-state index in [0.29, 0.717) is 48.6 Å². The highest BCUT2D eigenvalue weighted by Gasteiger charge is 2.26. The summed E-state index contributed by atoms with van der Waals surface area (Å²) in [4.78, 5) is 74.5. The molecule has 0 spiro atoms. The molecule has 3 aliphatic heterocycles. The van der Waals surface area contributed by atoms with E-state index in [2.05, 4.69) is 61.8 Å². The molecule has 2 unspecified atom stereocenters. The maximum absolute atomic E-state index is 12.2. The van der Waals surface area contributed by atoms with Crippen LogP contribution in [-0.4, -0.2) is 84.4 Å². The first-order chi connectivity index (χ1) is 30.9. The summed E-state index contributed by atoms with van der Waals surface area (Å²) in [6.45, 7) is 6.65. The summed E-state index contributed by atoms with van der Waals surface area (Å²) in [5.41, 5.74) is 10.0. The molecule has 0 bridgehead atoms. The van der Waals surface area contributed by atoms with E-state index in [4.69, 9.17) is 9.94 Å². The number of esters is 2. The average Bonchev–Trinajstić information content (AvgIpc) is 3.70. The van der Waals surface area contributed by atoms with Crippen LogP contribution in [0.5, 0.6) is 0 Å². The second-order valence-corrected chi connectivity index (χ2v) is 15.3. The molecule has 16 heteroatoms. The number of hydrogen-bond acceptors (Lipinski definition) is 12. The summed E-state index contributed by atoms with van der Waals surface area (Å²) in [7, 11) is 2.70. The zero-order chi connectivity index (χ0) is 45.8. The number of amides is 4. The number of carbonyl (C=O) groups excluding carboxylic acids is 6. The minimum atomic E-state index is -0.573. The third-order valence-electron chi connectivity index (χ3n) is 11.0. The molecule has 5 aromatic carbocycles. The molecule has 8 rings (SSSR count). The third-order valence-corrected chi connectivity index (χ3v) is 11.0. The van der Waals surface area contributed by atoms with Gasteiger partial charge in [-0.1, -0.05) is 60.7 Å². The van der Waals surface area contributed by atoms with Crippen LogP contribution in [0.15, 0.2) is 115 Å². The lowest BCUT2D eigenvalue weighted by atomic mass is 10.0. The summed E-state index contributed by atoms with van der Waals surface area (Å²) in [5, 5.41) is 20.3. The van der Waals surface area contributed by atoms with E-state index in [9.17, 15) is 28.8 Å². The van der Waals surface area contributed by atoms with Gasteiger partial charge < -0.3 is 30.7 Å². The van der Waals surface area contributed by atoms with Gasteiger partial charge in [-0.2, -0.15) is 0 Å². The lowest BCUT2D eigenvalue weighted by Crippen LogP contribution is -2.32. The van der Waals surface area contributed by atoms with Gasteiger partial charge in [-0.25, -0.2) is 15.1 Å². The second kappa shape index (κ2) is 21.7. The largest absolute Gasteiger partial charge is 0.465 e. The average molecular weight is 870 g/mol. The molecule has 64 heavy (non-hydrogen) atoms. The van der Waals surface area contributed by atoms with Gasteiger partial charge in [-0.05, 0) is 96.3 Å². The number of benzene rings is 5. The fourth-order valence-corrected chi connectivity index (χ4v) is 7.49. The highest BCUT2D eigenvalue weighted by Crippen LogP contribution is 2.30.